The Morgan fingerprint density at radius 1 is 1.24 bits per heavy atom. The lowest BCUT2D eigenvalue weighted by atomic mass is 10.1. The molecule has 1 atom stereocenters. The number of hydrogen-bond donors (Lipinski definition) is 0. The van der Waals surface area contributed by atoms with Gasteiger partial charge in [-0.3, -0.25) is 9.00 Å². The van der Waals surface area contributed by atoms with E-state index in [2.05, 4.69) is 0 Å². The van der Waals surface area contributed by atoms with Gasteiger partial charge in [-0.1, -0.05) is 0 Å². The summed E-state index contributed by atoms with van der Waals surface area (Å²) in [6.07, 6.45) is 0. The van der Waals surface area contributed by atoms with E-state index in [-0.39, 0.29) is 11.5 Å². The summed E-state index contributed by atoms with van der Waals surface area (Å²) in [5, 5.41) is 0. The van der Waals surface area contributed by atoms with E-state index in [4.69, 9.17) is 9.47 Å². The number of ether oxygens (including phenoxy) is 2. The molecule has 0 fully saturated rings. The molecule has 1 rings (SSSR count). The first-order chi connectivity index (χ1) is 8.17. The van der Waals surface area contributed by atoms with E-state index in [1.807, 2.05) is 0 Å². The first-order valence-electron chi connectivity index (χ1n) is 5.18. The summed E-state index contributed by atoms with van der Waals surface area (Å²) in [6, 6.07) is 6.78. The van der Waals surface area contributed by atoms with Crippen molar-refractivity contribution in [1.82, 2.24) is 0 Å². The minimum atomic E-state index is -1.16. The molecule has 4 nitrogen and oxygen atoms in total. The van der Waals surface area contributed by atoms with E-state index in [9.17, 15) is 9.00 Å². The molecule has 0 aromatic heterocycles. The van der Waals surface area contributed by atoms with Gasteiger partial charge in [-0.15, -0.1) is 0 Å². The highest BCUT2D eigenvalue weighted by atomic mass is 32.2. The van der Waals surface area contributed by atoms with Crippen LogP contribution in [0.2, 0.25) is 0 Å². The van der Waals surface area contributed by atoms with Crippen molar-refractivity contribution >= 4 is 16.6 Å². The van der Waals surface area contributed by atoms with Crippen LogP contribution in [0.25, 0.3) is 0 Å². The Kier molecular flexibility index (Phi) is 5.86. The van der Waals surface area contributed by atoms with Crippen LogP contribution in [-0.4, -0.2) is 42.3 Å². The van der Waals surface area contributed by atoms with Crippen LogP contribution < -0.4 is 4.74 Å². The van der Waals surface area contributed by atoms with Crippen LogP contribution in [0.1, 0.15) is 10.4 Å². The first-order valence-corrected chi connectivity index (χ1v) is 6.67. The lowest BCUT2D eigenvalue weighted by molar-refractivity contribution is 0.102. The molecular weight excluding hydrogens is 240 g/mol. The van der Waals surface area contributed by atoms with Gasteiger partial charge in [-0.05, 0) is 24.3 Å². The van der Waals surface area contributed by atoms with Gasteiger partial charge in [0.25, 0.3) is 0 Å². The van der Waals surface area contributed by atoms with Gasteiger partial charge >= 0.3 is 0 Å². The van der Waals surface area contributed by atoms with Crippen LogP contribution in [0.4, 0.5) is 0 Å². The van der Waals surface area contributed by atoms with Crippen molar-refractivity contribution in [2.24, 2.45) is 0 Å². The molecule has 0 aliphatic carbocycles. The fourth-order valence-corrected chi connectivity index (χ4v) is 2.21. The molecule has 0 N–H and O–H groups in total. The molecule has 0 saturated heterocycles. The van der Waals surface area contributed by atoms with E-state index in [0.717, 1.165) is 0 Å². The van der Waals surface area contributed by atoms with Gasteiger partial charge in [0.15, 0.2) is 5.78 Å². The van der Waals surface area contributed by atoms with Crippen LogP contribution >= 0.6 is 0 Å². The Balaban J connectivity index is 2.54. The monoisotopic (exact) mass is 256 g/mol. The van der Waals surface area contributed by atoms with Gasteiger partial charge in [-0.25, -0.2) is 0 Å². The molecule has 0 amide bonds. The highest BCUT2D eigenvalue weighted by molar-refractivity contribution is 7.85. The maximum Gasteiger partial charge on any atom is 0.175 e. The fourth-order valence-electron chi connectivity index (χ4n) is 1.25. The second kappa shape index (κ2) is 7.19. The number of methoxy groups -OCH3 is 2. The maximum atomic E-state index is 11.7. The molecular formula is C12H16O4S. The van der Waals surface area contributed by atoms with Crippen LogP contribution in [0.3, 0.4) is 0 Å². The van der Waals surface area contributed by atoms with Crippen molar-refractivity contribution < 1.29 is 18.5 Å². The minimum absolute atomic E-state index is 0.0374. The Bertz CT molecular complexity index is 386. The predicted octanol–water partition coefficient (Wildman–Crippen LogP) is 1.27. The normalized spacial score (nSPS) is 12.1. The third-order valence-corrected chi connectivity index (χ3v) is 3.43. The summed E-state index contributed by atoms with van der Waals surface area (Å²) < 4.78 is 21.3. The molecule has 1 aromatic rings. The smallest absolute Gasteiger partial charge is 0.175 e. The predicted molar refractivity (Wildman–Crippen MR) is 67.1 cm³/mol. The second-order valence-electron chi connectivity index (χ2n) is 3.43. The highest BCUT2D eigenvalue weighted by Crippen LogP contribution is 2.12. The van der Waals surface area contributed by atoms with E-state index in [1.54, 1.807) is 38.5 Å². The summed E-state index contributed by atoms with van der Waals surface area (Å²) in [5.41, 5.74) is 0.552. The number of benzene rings is 1. The average molecular weight is 256 g/mol. The van der Waals surface area contributed by atoms with Crippen molar-refractivity contribution in [3.63, 3.8) is 0 Å². The zero-order valence-corrected chi connectivity index (χ0v) is 10.8. The Morgan fingerprint density at radius 3 is 2.41 bits per heavy atom. The molecule has 5 heteroatoms. The van der Waals surface area contributed by atoms with Gasteiger partial charge in [0, 0.05) is 29.2 Å². The number of carbonyl (C=O) groups is 1. The summed E-state index contributed by atoms with van der Waals surface area (Å²) >= 11 is 0. The quantitative estimate of drug-likeness (QED) is 0.689. The molecule has 1 aromatic carbocycles. The Hall–Kier alpha value is -1.20. The molecule has 0 radical (unpaired) electrons. The van der Waals surface area contributed by atoms with Crippen LogP contribution in [0, 0.1) is 0 Å². The third kappa shape index (κ3) is 4.66. The minimum Gasteiger partial charge on any atom is -0.497 e. The van der Waals surface area contributed by atoms with E-state index in [1.165, 1.54) is 0 Å². The number of ketones is 1. The van der Waals surface area contributed by atoms with Crippen molar-refractivity contribution in [3.8, 4) is 5.75 Å². The molecule has 94 valence electrons. The van der Waals surface area contributed by atoms with Gasteiger partial charge < -0.3 is 9.47 Å². The number of Topliss-reactive ketones (excluding diaryl/α,β-unsaturated/α-hetero) is 1. The number of carbonyl (C=O) groups excluding carboxylic acids is 1. The molecule has 0 spiro atoms. The van der Waals surface area contributed by atoms with Gasteiger partial charge in [-0.2, -0.15) is 0 Å². The van der Waals surface area contributed by atoms with Crippen LogP contribution in [0.5, 0.6) is 5.75 Å². The lowest BCUT2D eigenvalue weighted by Crippen LogP contribution is -2.15. The zero-order valence-electron chi connectivity index (χ0n) is 9.97. The number of rotatable bonds is 7. The Morgan fingerprint density at radius 2 is 1.88 bits per heavy atom. The van der Waals surface area contributed by atoms with Crippen molar-refractivity contribution in [1.29, 1.82) is 0 Å². The second-order valence-corrected chi connectivity index (χ2v) is 5.01. The van der Waals surface area contributed by atoms with Crippen molar-refractivity contribution in [2.75, 3.05) is 32.3 Å². The summed E-state index contributed by atoms with van der Waals surface area (Å²) in [6.45, 7) is 0.405. The summed E-state index contributed by atoms with van der Waals surface area (Å²) in [5.74, 6) is 0.998. The summed E-state index contributed by atoms with van der Waals surface area (Å²) in [4.78, 5) is 11.7. The van der Waals surface area contributed by atoms with Crippen LogP contribution in [0.15, 0.2) is 24.3 Å². The third-order valence-electron chi connectivity index (χ3n) is 2.22. The van der Waals surface area contributed by atoms with Gasteiger partial charge in [0.2, 0.25) is 0 Å². The molecule has 0 aliphatic rings. The topological polar surface area (TPSA) is 52.6 Å². The Labute approximate surface area is 103 Å². The fraction of sp³-hybridized carbons (Fsp3) is 0.417. The largest absolute Gasteiger partial charge is 0.497 e. The molecule has 0 aliphatic heterocycles. The SMILES string of the molecule is COCCS(=O)CC(=O)c1ccc(OC)cc1. The van der Waals surface area contributed by atoms with Gasteiger partial charge in [0.1, 0.15) is 5.75 Å². The zero-order chi connectivity index (χ0) is 12.7. The van der Waals surface area contributed by atoms with E-state index < -0.39 is 10.8 Å². The molecule has 0 bridgehead atoms. The van der Waals surface area contributed by atoms with E-state index >= 15 is 0 Å². The standard InChI is InChI=1S/C12H16O4S/c1-15-7-8-17(14)9-12(13)10-3-5-11(16-2)6-4-10/h3-6H,7-9H2,1-2H3. The molecule has 1 unspecified atom stereocenters. The highest BCUT2D eigenvalue weighted by Gasteiger charge is 2.10. The lowest BCUT2D eigenvalue weighted by Gasteiger charge is -2.03. The van der Waals surface area contributed by atoms with Crippen LogP contribution in [-0.2, 0) is 15.5 Å². The van der Waals surface area contributed by atoms with E-state index in [0.29, 0.717) is 23.7 Å². The van der Waals surface area contributed by atoms with Crippen molar-refractivity contribution in [3.05, 3.63) is 29.8 Å². The molecule has 17 heavy (non-hydrogen) atoms. The van der Waals surface area contributed by atoms with Crippen molar-refractivity contribution in [2.45, 2.75) is 0 Å². The molecule has 0 saturated carbocycles. The maximum absolute atomic E-state index is 11.7. The number of hydrogen-bond acceptors (Lipinski definition) is 4. The van der Waals surface area contributed by atoms with Gasteiger partial charge in [0.05, 0.1) is 19.5 Å². The first kappa shape index (κ1) is 13.9. The summed E-state index contributed by atoms with van der Waals surface area (Å²) in [7, 11) is 1.95. The molecule has 0 heterocycles. The average Bonchev–Trinajstić information content (AvgIpc) is 2.36.